The van der Waals surface area contributed by atoms with E-state index in [0.29, 0.717) is 37.8 Å². The molecule has 2 aromatic rings. The van der Waals surface area contributed by atoms with Crippen LogP contribution in [0.1, 0.15) is 0 Å². The van der Waals surface area contributed by atoms with Crippen molar-refractivity contribution in [2.24, 2.45) is 0 Å². The molecule has 3 rings (SSSR count). The van der Waals surface area contributed by atoms with Crippen LogP contribution in [-0.4, -0.2) is 58.1 Å². The van der Waals surface area contributed by atoms with Gasteiger partial charge in [-0.1, -0.05) is 12.1 Å². The minimum atomic E-state index is -3.46. The van der Waals surface area contributed by atoms with E-state index >= 15 is 0 Å². The second-order valence-electron chi connectivity index (χ2n) is 5.61. The Kier molecular flexibility index (Phi) is 5.22. The van der Waals surface area contributed by atoms with Gasteiger partial charge in [0.2, 0.25) is 15.9 Å². The van der Waals surface area contributed by atoms with Crippen molar-refractivity contribution in [3.63, 3.8) is 0 Å². The molecule has 1 saturated heterocycles. The molecule has 1 aliphatic heterocycles. The van der Waals surface area contributed by atoms with Gasteiger partial charge in [0.15, 0.2) is 0 Å². The van der Waals surface area contributed by atoms with Crippen LogP contribution in [0, 0.1) is 0 Å². The SMILES string of the molecule is COc1cc(-c2ccc(S(=O)(=O)N3CCNCC3)cc2)c(OC)cn1. The van der Waals surface area contributed by atoms with Crippen LogP contribution < -0.4 is 14.8 Å². The van der Waals surface area contributed by atoms with Crippen molar-refractivity contribution in [3.8, 4) is 22.8 Å². The summed E-state index contributed by atoms with van der Waals surface area (Å²) in [4.78, 5) is 4.41. The average molecular weight is 363 g/mol. The van der Waals surface area contributed by atoms with Crippen LogP contribution >= 0.6 is 0 Å². The maximum Gasteiger partial charge on any atom is 0.243 e. The summed E-state index contributed by atoms with van der Waals surface area (Å²) in [6.45, 7) is 2.32. The Hall–Kier alpha value is -2.16. The summed E-state index contributed by atoms with van der Waals surface area (Å²) in [5, 5.41) is 3.15. The highest BCUT2D eigenvalue weighted by molar-refractivity contribution is 7.89. The van der Waals surface area contributed by atoms with Crippen LogP contribution in [0.4, 0.5) is 0 Å². The number of nitrogens with one attached hydrogen (secondary N) is 1. The van der Waals surface area contributed by atoms with Crippen LogP contribution in [0.5, 0.6) is 11.6 Å². The fraction of sp³-hybridized carbons (Fsp3) is 0.353. The van der Waals surface area contributed by atoms with Crippen LogP contribution in [0.25, 0.3) is 11.1 Å². The van der Waals surface area contributed by atoms with E-state index in [1.807, 2.05) is 0 Å². The largest absolute Gasteiger partial charge is 0.494 e. The van der Waals surface area contributed by atoms with Crippen molar-refractivity contribution < 1.29 is 17.9 Å². The zero-order valence-electron chi connectivity index (χ0n) is 14.2. The lowest BCUT2D eigenvalue weighted by Gasteiger charge is -2.26. The molecular formula is C17H21N3O4S. The topological polar surface area (TPSA) is 80.8 Å². The van der Waals surface area contributed by atoms with Crippen LogP contribution in [0.15, 0.2) is 41.4 Å². The summed E-state index contributed by atoms with van der Waals surface area (Å²) in [5.41, 5.74) is 1.62. The first-order valence-corrected chi connectivity index (χ1v) is 9.39. The lowest BCUT2D eigenvalue weighted by atomic mass is 10.1. The van der Waals surface area contributed by atoms with Crippen molar-refractivity contribution in [1.29, 1.82) is 0 Å². The number of piperazine rings is 1. The van der Waals surface area contributed by atoms with Crippen LogP contribution in [0.2, 0.25) is 0 Å². The Morgan fingerprint density at radius 3 is 2.36 bits per heavy atom. The lowest BCUT2D eigenvalue weighted by molar-refractivity contribution is 0.360. The highest BCUT2D eigenvalue weighted by atomic mass is 32.2. The summed E-state index contributed by atoms with van der Waals surface area (Å²) < 4.78 is 37.4. The second-order valence-corrected chi connectivity index (χ2v) is 7.54. The number of ether oxygens (including phenoxy) is 2. The van der Waals surface area contributed by atoms with Crippen LogP contribution in [0.3, 0.4) is 0 Å². The van der Waals surface area contributed by atoms with Crippen LogP contribution in [-0.2, 0) is 10.0 Å². The minimum absolute atomic E-state index is 0.290. The standard InChI is InChI=1S/C17H21N3O4S/c1-23-16-12-19-17(24-2)11-15(16)13-3-5-14(6-4-13)25(21,22)20-9-7-18-8-10-20/h3-6,11-12,18H,7-10H2,1-2H3. The smallest absolute Gasteiger partial charge is 0.243 e. The number of sulfonamides is 1. The molecule has 1 aromatic carbocycles. The third kappa shape index (κ3) is 3.60. The number of rotatable bonds is 5. The van der Waals surface area contributed by atoms with Gasteiger partial charge in [-0.25, -0.2) is 13.4 Å². The minimum Gasteiger partial charge on any atom is -0.494 e. The highest BCUT2D eigenvalue weighted by Gasteiger charge is 2.25. The monoisotopic (exact) mass is 363 g/mol. The molecule has 8 heteroatoms. The summed E-state index contributed by atoms with van der Waals surface area (Å²) in [7, 11) is -0.355. The van der Waals surface area contributed by atoms with E-state index in [1.165, 1.54) is 4.31 Å². The molecule has 2 heterocycles. The Labute approximate surface area is 147 Å². The molecular weight excluding hydrogens is 342 g/mol. The van der Waals surface area contributed by atoms with Gasteiger partial charge in [0.25, 0.3) is 0 Å². The Morgan fingerprint density at radius 1 is 1.08 bits per heavy atom. The average Bonchev–Trinajstić information content (AvgIpc) is 2.68. The van der Waals surface area contributed by atoms with Crippen molar-refractivity contribution in [2.45, 2.75) is 4.90 Å². The molecule has 0 unspecified atom stereocenters. The highest BCUT2D eigenvalue weighted by Crippen LogP contribution is 2.32. The van der Waals surface area contributed by atoms with Gasteiger partial charge in [0.1, 0.15) is 5.75 Å². The first-order chi connectivity index (χ1) is 12.1. The third-order valence-electron chi connectivity index (χ3n) is 4.15. The van der Waals surface area contributed by atoms with Gasteiger partial charge in [-0.3, -0.25) is 0 Å². The predicted octanol–water partition coefficient (Wildman–Crippen LogP) is 1.36. The van der Waals surface area contributed by atoms with E-state index in [-0.39, 0.29) is 4.90 Å². The molecule has 0 bridgehead atoms. The van der Waals surface area contributed by atoms with Gasteiger partial charge in [-0.05, 0) is 17.7 Å². The van der Waals surface area contributed by atoms with E-state index in [9.17, 15) is 8.42 Å². The first-order valence-electron chi connectivity index (χ1n) is 7.95. The van der Waals surface area contributed by atoms with E-state index in [1.54, 1.807) is 50.7 Å². The van der Waals surface area contributed by atoms with Gasteiger partial charge in [0, 0.05) is 37.8 Å². The molecule has 0 saturated carbocycles. The molecule has 1 aliphatic rings. The van der Waals surface area contributed by atoms with Gasteiger partial charge in [0.05, 0.1) is 25.3 Å². The number of hydrogen-bond donors (Lipinski definition) is 1. The molecule has 1 N–H and O–H groups in total. The zero-order chi connectivity index (χ0) is 17.9. The molecule has 134 valence electrons. The van der Waals surface area contributed by atoms with Crippen molar-refractivity contribution >= 4 is 10.0 Å². The summed E-state index contributed by atoms with van der Waals surface area (Å²) in [6.07, 6.45) is 1.58. The molecule has 0 radical (unpaired) electrons. The first kappa shape index (κ1) is 17.7. The lowest BCUT2D eigenvalue weighted by Crippen LogP contribution is -2.46. The molecule has 0 amide bonds. The van der Waals surface area contributed by atoms with E-state index < -0.39 is 10.0 Å². The Bertz CT molecular complexity index is 831. The maximum absolute atomic E-state index is 12.7. The summed E-state index contributed by atoms with van der Waals surface area (Å²) in [6, 6.07) is 8.55. The Morgan fingerprint density at radius 2 is 1.76 bits per heavy atom. The number of pyridine rings is 1. The van der Waals surface area contributed by atoms with E-state index in [4.69, 9.17) is 9.47 Å². The van der Waals surface area contributed by atoms with E-state index in [0.717, 1.165) is 11.1 Å². The third-order valence-corrected chi connectivity index (χ3v) is 6.06. The van der Waals surface area contributed by atoms with Crippen molar-refractivity contribution in [3.05, 3.63) is 36.5 Å². The van der Waals surface area contributed by atoms with Gasteiger partial charge in [-0.15, -0.1) is 0 Å². The quantitative estimate of drug-likeness (QED) is 0.864. The molecule has 0 spiro atoms. The maximum atomic E-state index is 12.7. The number of aromatic nitrogens is 1. The molecule has 25 heavy (non-hydrogen) atoms. The van der Waals surface area contributed by atoms with Gasteiger partial charge >= 0.3 is 0 Å². The second kappa shape index (κ2) is 7.38. The van der Waals surface area contributed by atoms with Gasteiger partial charge in [-0.2, -0.15) is 4.31 Å². The normalized spacial score (nSPS) is 15.8. The van der Waals surface area contributed by atoms with E-state index in [2.05, 4.69) is 10.3 Å². The summed E-state index contributed by atoms with van der Waals surface area (Å²) in [5.74, 6) is 1.06. The number of methoxy groups -OCH3 is 2. The van der Waals surface area contributed by atoms with Crippen molar-refractivity contribution in [1.82, 2.24) is 14.6 Å². The molecule has 0 aliphatic carbocycles. The molecule has 1 aromatic heterocycles. The molecule has 7 nitrogen and oxygen atoms in total. The van der Waals surface area contributed by atoms with Crippen molar-refractivity contribution in [2.75, 3.05) is 40.4 Å². The summed E-state index contributed by atoms with van der Waals surface area (Å²) >= 11 is 0. The number of benzene rings is 1. The number of nitrogens with zero attached hydrogens (tertiary/aromatic N) is 2. The Balaban J connectivity index is 1.92. The molecule has 0 atom stereocenters. The van der Waals surface area contributed by atoms with Gasteiger partial charge < -0.3 is 14.8 Å². The number of hydrogen-bond acceptors (Lipinski definition) is 6. The zero-order valence-corrected chi connectivity index (χ0v) is 15.0. The fourth-order valence-electron chi connectivity index (χ4n) is 2.76. The molecule has 1 fully saturated rings. The predicted molar refractivity (Wildman–Crippen MR) is 94.4 cm³/mol. The fourth-order valence-corrected chi connectivity index (χ4v) is 4.21.